The molecule has 1 fully saturated rings. The Kier molecular flexibility index (Phi) is 5.83. The van der Waals surface area contributed by atoms with Crippen LogP contribution in [0, 0.1) is 5.92 Å². The second kappa shape index (κ2) is 6.66. The molecule has 0 aromatic carbocycles. The highest BCUT2D eigenvalue weighted by molar-refractivity contribution is 4.87. The van der Waals surface area contributed by atoms with Gasteiger partial charge in [0.15, 0.2) is 0 Å². The van der Waals surface area contributed by atoms with Crippen LogP contribution in [0.1, 0.15) is 34.6 Å². The highest BCUT2D eigenvalue weighted by Gasteiger charge is 2.40. The highest BCUT2D eigenvalue weighted by Crippen LogP contribution is 2.26. The second-order valence-electron chi connectivity index (χ2n) is 5.33. The lowest BCUT2D eigenvalue weighted by Crippen LogP contribution is -2.51. The average Bonchev–Trinajstić information content (AvgIpc) is 2.23. The molecule has 0 radical (unpaired) electrons. The fourth-order valence-corrected chi connectivity index (χ4v) is 1.90. The summed E-state index contributed by atoms with van der Waals surface area (Å²) < 4.78 is 30.9. The van der Waals surface area contributed by atoms with Crippen molar-refractivity contribution < 1.29 is 18.6 Å². The molecular weight excluding hydrogens is 223 g/mol. The Labute approximate surface area is 104 Å². The van der Waals surface area contributed by atoms with Gasteiger partial charge >= 0.3 is 0 Å². The van der Waals surface area contributed by atoms with Gasteiger partial charge < -0.3 is 14.2 Å². The molecule has 4 atom stereocenters. The van der Waals surface area contributed by atoms with Gasteiger partial charge in [-0.25, -0.2) is 4.39 Å². The Bertz CT molecular complexity index is 221. The van der Waals surface area contributed by atoms with Crippen molar-refractivity contribution in [2.24, 2.45) is 5.92 Å². The summed E-state index contributed by atoms with van der Waals surface area (Å²) in [6, 6.07) is 0. The molecule has 0 unspecified atom stereocenters. The molecule has 17 heavy (non-hydrogen) atoms. The van der Waals surface area contributed by atoms with E-state index in [1.165, 1.54) is 0 Å². The molecule has 0 amide bonds. The molecule has 1 aliphatic heterocycles. The summed E-state index contributed by atoms with van der Waals surface area (Å²) in [6.07, 6.45) is -1.68. The average molecular weight is 248 g/mol. The van der Waals surface area contributed by atoms with Gasteiger partial charge in [0, 0.05) is 5.92 Å². The molecule has 1 aliphatic rings. The van der Waals surface area contributed by atoms with E-state index in [0.29, 0.717) is 13.2 Å². The van der Waals surface area contributed by atoms with E-state index in [2.05, 4.69) is 0 Å². The second-order valence-corrected chi connectivity index (χ2v) is 5.33. The zero-order chi connectivity index (χ0) is 13.0. The van der Waals surface area contributed by atoms with Gasteiger partial charge in [-0.3, -0.25) is 0 Å². The lowest BCUT2D eigenvalue weighted by atomic mass is 9.95. The third kappa shape index (κ3) is 4.53. The van der Waals surface area contributed by atoms with Gasteiger partial charge in [-0.2, -0.15) is 0 Å². The van der Waals surface area contributed by atoms with Crippen LogP contribution in [0.15, 0.2) is 0 Å². The first-order chi connectivity index (χ1) is 7.91. The van der Waals surface area contributed by atoms with E-state index in [1.54, 1.807) is 0 Å². The van der Waals surface area contributed by atoms with E-state index in [1.807, 2.05) is 34.6 Å². The molecule has 1 rings (SSSR count). The van der Waals surface area contributed by atoms with Crippen LogP contribution in [0.25, 0.3) is 0 Å². The number of hydrogen-bond acceptors (Lipinski definition) is 3. The third-order valence-electron chi connectivity index (χ3n) is 2.82. The fraction of sp³-hybridized carbons (Fsp3) is 1.00. The van der Waals surface area contributed by atoms with Crippen LogP contribution >= 0.6 is 0 Å². The van der Waals surface area contributed by atoms with E-state index in [9.17, 15) is 4.39 Å². The van der Waals surface area contributed by atoms with Crippen molar-refractivity contribution >= 4 is 0 Å². The molecule has 1 saturated heterocycles. The normalized spacial score (nSPS) is 34.6. The number of alkyl halides is 1. The Morgan fingerprint density at radius 2 is 1.88 bits per heavy atom. The van der Waals surface area contributed by atoms with Crippen LogP contribution in [-0.2, 0) is 14.2 Å². The lowest BCUT2D eigenvalue weighted by molar-refractivity contribution is -0.191. The predicted octanol–water partition coefficient (Wildman–Crippen LogP) is 2.58. The van der Waals surface area contributed by atoms with Crippen LogP contribution in [0.5, 0.6) is 0 Å². The highest BCUT2D eigenvalue weighted by atomic mass is 19.1. The SMILES string of the molecule is CC(C)OC[C@H]1OC[C@@H](C)[C@H](F)[C@@H]1OC(C)C. The molecule has 102 valence electrons. The van der Waals surface area contributed by atoms with Crippen molar-refractivity contribution in [1.29, 1.82) is 0 Å². The van der Waals surface area contributed by atoms with Crippen LogP contribution in [0.2, 0.25) is 0 Å². The van der Waals surface area contributed by atoms with E-state index in [0.717, 1.165) is 0 Å². The minimum Gasteiger partial charge on any atom is -0.376 e. The largest absolute Gasteiger partial charge is 0.376 e. The van der Waals surface area contributed by atoms with E-state index in [4.69, 9.17) is 14.2 Å². The first-order valence-corrected chi connectivity index (χ1v) is 6.44. The molecule has 0 spiro atoms. The lowest BCUT2D eigenvalue weighted by Gasteiger charge is -2.38. The number of ether oxygens (including phenoxy) is 3. The summed E-state index contributed by atoms with van der Waals surface area (Å²) in [6.45, 7) is 10.4. The minimum absolute atomic E-state index is 0.00583. The van der Waals surface area contributed by atoms with Crippen molar-refractivity contribution in [1.82, 2.24) is 0 Å². The number of rotatable bonds is 5. The molecular formula is C13H25FO3. The standard InChI is InChI=1S/C13H25FO3/c1-8(2)15-7-11-13(17-9(3)4)12(14)10(5)6-16-11/h8-13H,6-7H2,1-5H3/t10-,11-,12+,13-/m1/s1. The summed E-state index contributed by atoms with van der Waals surface area (Å²) in [7, 11) is 0. The zero-order valence-electron chi connectivity index (χ0n) is 11.5. The van der Waals surface area contributed by atoms with Gasteiger partial charge in [0.1, 0.15) is 18.4 Å². The minimum atomic E-state index is -0.980. The Balaban J connectivity index is 2.58. The molecule has 0 bridgehead atoms. The van der Waals surface area contributed by atoms with Crippen molar-refractivity contribution in [3.05, 3.63) is 0 Å². The van der Waals surface area contributed by atoms with Gasteiger partial charge in [-0.15, -0.1) is 0 Å². The van der Waals surface area contributed by atoms with Crippen molar-refractivity contribution in [3.63, 3.8) is 0 Å². The maximum Gasteiger partial charge on any atom is 0.134 e. The third-order valence-corrected chi connectivity index (χ3v) is 2.82. The number of halogens is 1. The summed E-state index contributed by atoms with van der Waals surface area (Å²) >= 11 is 0. The first-order valence-electron chi connectivity index (χ1n) is 6.44. The van der Waals surface area contributed by atoms with Gasteiger partial charge in [-0.1, -0.05) is 6.92 Å². The maximum absolute atomic E-state index is 14.1. The van der Waals surface area contributed by atoms with Crippen LogP contribution < -0.4 is 0 Å². The van der Waals surface area contributed by atoms with Crippen LogP contribution in [-0.4, -0.2) is 43.8 Å². The summed E-state index contributed by atoms with van der Waals surface area (Å²) in [5.41, 5.74) is 0. The van der Waals surface area contributed by atoms with Gasteiger partial charge in [0.2, 0.25) is 0 Å². The molecule has 0 aliphatic carbocycles. The van der Waals surface area contributed by atoms with Gasteiger partial charge in [-0.05, 0) is 27.7 Å². The Morgan fingerprint density at radius 3 is 2.41 bits per heavy atom. The molecule has 0 saturated carbocycles. The number of hydrogen-bond donors (Lipinski definition) is 0. The molecule has 4 heteroatoms. The molecule has 1 heterocycles. The van der Waals surface area contributed by atoms with Gasteiger partial charge in [0.25, 0.3) is 0 Å². The fourth-order valence-electron chi connectivity index (χ4n) is 1.90. The molecule has 0 aromatic heterocycles. The molecule has 3 nitrogen and oxygen atoms in total. The van der Waals surface area contributed by atoms with E-state index < -0.39 is 12.3 Å². The van der Waals surface area contributed by atoms with Crippen molar-refractivity contribution in [3.8, 4) is 0 Å². The Morgan fingerprint density at radius 1 is 1.24 bits per heavy atom. The quantitative estimate of drug-likeness (QED) is 0.748. The maximum atomic E-state index is 14.1. The van der Waals surface area contributed by atoms with Gasteiger partial charge in [0.05, 0.1) is 25.4 Å². The van der Waals surface area contributed by atoms with E-state index >= 15 is 0 Å². The topological polar surface area (TPSA) is 27.7 Å². The zero-order valence-corrected chi connectivity index (χ0v) is 11.5. The first kappa shape index (κ1) is 14.9. The van der Waals surface area contributed by atoms with Crippen LogP contribution in [0.4, 0.5) is 4.39 Å². The van der Waals surface area contributed by atoms with E-state index in [-0.39, 0.29) is 24.2 Å². The van der Waals surface area contributed by atoms with Crippen molar-refractivity contribution in [2.75, 3.05) is 13.2 Å². The summed E-state index contributed by atoms with van der Waals surface area (Å²) in [5.74, 6) is -0.117. The smallest absolute Gasteiger partial charge is 0.134 e. The molecule has 0 aromatic rings. The molecule has 0 N–H and O–H groups in total. The summed E-state index contributed by atoms with van der Waals surface area (Å²) in [5, 5.41) is 0. The van der Waals surface area contributed by atoms with Crippen molar-refractivity contribution in [2.45, 2.75) is 65.2 Å². The van der Waals surface area contributed by atoms with Crippen LogP contribution in [0.3, 0.4) is 0 Å². The summed E-state index contributed by atoms with van der Waals surface area (Å²) in [4.78, 5) is 0. The Hall–Kier alpha value is -0.190. The monoisotopic (exact) mass is 248 g/mol. The predicted molar refractivity (Wildman–Crippen MR) is 64.9 cm³/mol.